The number of rotatable bonds is 2. The maximum Gasteiger partial charge on any atom is 0.170 e. The summed E-state index contributed by atoms with van der Waals surface area (Å²) in [6, 6.07) is 5.25. The number of aryl methyl sites for hydroxylation is 1. The minimum Gasteiger partial charge on any atom is -0.456 e. The Balaban J connectivity index is 2.61. The Kier molecular flexibility index (Phi) is 2.49. The highest BCUT2D eigenvalue weighted by atomic mass is 19.1. The molecule has 2 nitrogen and oxygen atoms in total. The van der Waals surface area contributed by atoms with E-state index < -0.39 is 0 Å². The molecular formula is C12H14FNO. The molecule has 0 bridgehead atoms. The number of halogens is 1. The molecule has 3 heteroatoms. The lowest BCUT2D eigenvalue weighted by Gasteiger charge is -2.02. The highest BCUT2D eigenvalue weighted by Crippen LogP contribution is 2.27. The Morgan fingerprint density at radius 1 is 1.47 bits per heavy atom. The summed E-state index contributed by atoms with van der Waals surface area (Å²) in [6.07, 6.45) is 0.778. The predicted octanol–water partition coefficient (Wildman–Crippen LogP) is 3.29. The number of benzene rings is 1. The second-order valence-electron chi connectivity index (χ2n) is 3.78. The topological polar surface area (TPSA) is 39.2 Å². The van der Waals surface area contributed by atoms with Crippen LogP contribution in [0.15, 0.2) is 22.6 Å². The summed E-state index contributed by atoms with van der Waals surface area (Å²) in [4.78, 5) is 0. The number of fused-ring (bicyclic) bond motifs is 1. The lowest BCUT2D eigenvalue weighted by molar-refractivity contribution is 0.472. The Morgan fingerprint density at radius 2 is 2.20 bits per heavy atom. The maximum atomic E-state index is 13.6. The first kappa shape index (κ1) is 10.2. The second-order valence-corrected chi connectivity index (χ2v) is 3.78. The summed E-state index contributed by atoms with van der Waals surface area (Å²) >= 11 is 0. The smallest absolute Gasteiger partial charge is 0.170 e. The fourth-order valence-electron chi connectivity index (χ4n) is 1.57. The van der Waals surface area contributed by atoms with Crippen molar-refractivity contribution in [3.05, 3.63) is 35.3 Å². The molecule has 1 heterocycles. The molecule has 0 aliphatic rings. The average Bonchev–Trinajstić information content (AvgIpc) is 2.67. The predicted molar refractivity (Wildman–Crippen MR) is 58.1 cm³/mol. The van der Waals surface area contributed by atoms with Crippen LogP contribution in [0.25, 0.3) is 11.0 Å². The average molecular weight is 207 g/mol. The van der Waals surface area contributed by atoms with Crippen molar-refractivity contribution in [1.82, 2.24) is 0 Å². The van der Waals surface area contributed by atoms with Gasteiger partial charge in [0.2, 0.25) is 0 Å². The van der Waals surface area contributed by atoms with E-state index in [9.17, 15) is 4.39 Å². The van der Waals surface area contributed by atoms with E-state index in [0.29, 0.717) is 16.9 Å². The molecule has 0 aliphatic heterocycles. The monoisotopic (exact) mass is 207 g/mol. The molecule has 2 rings (SSSR count). The SMILES string of the molecule is CCC(N)c1cc2ccc(C)c(F)c2o1. The van der Waals surface area contributed by atoms with Crippen LogP contribution >= 0.6 is 0 Å². The molecule has 0 spiro atoms. The summed E-state index contributed by atoms with van der Waals surface area (Å²) in [5.74, 6) is 0.360. The number of nitrogens with two attached hydrogens (primary N) is 1. The van der Waals surface area contributed by atoms with Gasteiger partial charge in [0, 0.05) is 5.39 Å². The molecule has 15 heavy (non-hydrogen) atoms. The molecular weight excluding hydrogens is 193 g/mol. The molecule has 0 amide bonds. The number of hydrogen-bond acceptors (Lipinski definition) is 2. The Hall–Kier alpha value is -1.35. The molecule has 1 aromatic carbocycles. The van der Waals surface area contributed by atoms with Crippen molar-refractivity contribution in [2.24, 2.45) is 5.73 Å². The van der Waals surface area contributed by atoms with E-state index >= 15 is 0 Å². The standard InChI is InChI=1S/C12H14FNO/c1-3-9(14)10-6-8-5-4-7(2)11(13)12(8)15-10/h4-6,9H,3,14H2,1-2H3. The molecule has 1 unspecified atom stereocenters. The molecule has 2 aromatic rings. The van der Waals surface area contributed by atoms with Crippen LogP contribution < -0.4 is 5.73 Å². The summed E-state index contributed by atoms with van der Waals surface area (Å²) in [5.41, 5.74) is 6.74. The lowest BCUT2D eigenvalue weighted by Crippen LogP contribution is -2.06. The van der Waals surface area contributed by atoms with Gasteiger partial charge in [-0.1, -0.05) is 19.1 Å². The van der Waals surface area contributed by atoms with Gasteiger partial charge in [-0.3, -0.25) is 0 Å². The third-order valence-corrected chi connectivity index (χ3v) is 2.64. The van der Waals surface area contributed by atoms with E-state index in [1.54, 1.807) is 13.0 Å². The van der Waals surface area contributed by atoms with Crippen molar-refractivity contribution >= 4 is 11.0 Å². The third-order valence-electron chi connectivity index (χ3n) is 2.64. The molecule has 2 N–H and O–H groups in total. The van der Waals surface area contributed by atoms with E-state index in [1.165, 1.54) is 0 Å². The normalized spacial score (nSPS) is 13.3. The van der Waals surface area contributed by atoms with Crippen molar-refractivity contribution in [3.8, 4) is 0 Å². The Bertz CT molecular complexity index is 490. The Labute approximate surface area is 87.9 Å². The van der Waals surface area contributed by atoms with Gasteiger partial charge in [-0.15, -0.1) is 0 Å². The van der Waals surface area contributed by atoms with Crippen molar-refractivity contribution in [3.63, 3.8) is 0 Å². The van der Waals surface area contributed by atoms with E-state index in [2.05, 4.69) is 0 Å². The van der Waals surface area contributed by atoms with Crippen LogP contribution in [0.1, 0.15) is 30.7 Å². The zero-order valence-corrected chi connectivity index (χ0v) is 8.88. The van der Waals surface area contributed by atoms with E-state index in [4.69, 9.17) is 10.2 Å². The first-order valence-electron chi connectivity index (χ1n) is 5.07. The van der Waals surface area contributed by atoms with Crippen molar-refractivity contribution in [2.45, 2.75) is 26.3 Å². The van der Waals surface area contributed by atoms with E-state index in [1.807, 2.05) is 19.1 Å². The van der Waals surface area contributed by atoms with Gasteiger partial charge in [-0.05, 0) is 25.0 Å². The first-order valence-corrected chi connectivity index (χ1v) is 5.07. The van der Waals surface area contributed by atoms with Crippen molar-refractivity contribution < 1.29 is 8.81 Å². The summed E-state index contributed by atoms with van der Waals surface area (Å²) in [6.45, 7) is 3.69. The molecule has 0 fully saturated rings. The van der Waals surface area contributed by atoms with Gasteiger partial charge in [0.05, 0.1) is 6.04 Å². The molecule has 0 radical (unpaired) electrons. The molecule has 0 aliphatic carbocycles. The van der Waals surface area contributed by atoms with Gasteiger partial charge in [-0.25, -0.2) is 4.39 Å². The van der Waals surface area contributed by atoms with E-state index in [0.717, 1.165) is 11.8 Å². The highest BCUT2D eigenvalue weighted by Gasteiger charge is 2.13. The number of hydrogen-bond donors (Lipinski definition) is 1. The van der Waals surface area contributed by atoms with Crippen LogP contribution in [0.3, 0.4) is 0 Å². The van der Waals surface area contributed by atoms with Gasteiger partial charge >= 0.3 is 0 Å². The van der Waals surface area contributed by atoms with E-state index in [-0.39, 0.29) is 11.9 Å². The summed E-state index contributed by atoms with van der Waals surface area (Å²) < 4.78 is 19.1. The van der Waals surface area contributed by atoms with Crippen molar-refractivity contribution in [2.75, 3.05) is 0 Å². The van der Waals surface area contributed by atoms with Crippen LogP contribution in [0, 0.1) is 12.7 Å². The van der Waals surface area contributed by atoms with Gasteiger partial charge < -0.3 is 10.2 Å². The highest BCUT2D eigenvalue weighted by molar-refractivity contribution is 5.79. The second kappa shape index (κ2) is 3.66. The Morgan fingerprint density at radius 3 is 2.87 bits per heavy atom. The fraction of sp³-hybridized carbons (Fsp3) is 0.333. The zero-order valence-electron chi connectivity index (χ0n) is 8.88. The van der Waals surface area contributed by atoms with Crippen LogP contribution in [-0.2, 0) is 0 Å². The quantitative estimate of drug-likeness (QED) is 0.820. The zero-order chi connectivity index (χ0) is 11.0. The van der Waals surface area contributed by atoms with Gasteiger partial charge in [0.25, 0.3) is 0 Å². The molecule has 80 valence electrons. The van der Waals surface area contributed by atoms with Crippen molar-refractivity contribution in [1.29, 1.82) is 0 Å². The van der Waals surface area contributed by atoms with Gasteiger partial charge in [-0.2, -0.15) is 0 Å². The fourth-order valence-corrected chi connectivity index (χ4v) is 1.57. The minimum atomic E-state index is -0.290. The van der Waals surface area contributed by atoms with Gasteiger partial charge in [0.15, 0.2) is 11.4 Å². The minimum absolute atomic E-state index is 0.155. The number of furan rings is 1. The maximum absolute atomic E-state index is 13.6. The first-order chi connectivity index (χ1) is 7.13. The summed E-state index contributed by atoms with van der Waals surface area (Å²) in [7, 11) is 0. The largest absolute Gasteiger partial charge is 0.456 e. The molecule has 0 saturated carbocycles. The summed E-state index contributed by atoms with van der Waals surface area (Å²) in [5, 5.41) is 0.775. The van der Waals surface area contributed by atoms with Gasteiger partial charge in [0.1, 0.15) is 5.76 Å². The molecule has 1 aromatic heterocycles. The molecule has 0 saturated heterocycles. The van der Waals surface area contributed by atoms with Crippen LogP contribution in [0.2, 0.25) is 0 Å². The third kappa shape index (κ3) is 1.63. The van der Waals surface area contributed by atoms with Crippen LogP contribution in [0.5, 0.6) is 0 Å². The van der Waals surface area contributed by atoms with Crippen LogP contribution in [0.4, 0.5) is 4.39 Å². The molecule has 1 atom stereocenters. The lowest BCUT2D eigenvalue weighted by atomic mass is 10.1. The van der Waals surface area contributed by atoms with Crippen LogP contribution in [-0.4, -0.2) is 0 Å².